The van der Waals surface area contributed by atoms with E-state index in [0.29, 0.717) is 29.0 Å². The van der Waals surface area contributed by atoms with Crippen molar-refractivity contribution >= 4 is 11.8 Å². The smallest absolute Gasteiger partial charge is 0.303 e. The molecule has 4 saturated carbocycles. The van der Waals surface area contributed by atoms with E-state index in [1.807, 2.05) is 0 Å². The topological polar surface area (TPSA) is 43.4 Å². The normalized spacial score (nSPS) is 48.7. The van der Waals surface area contributed by atoms with Gasteiger partial charge in [0.25, 0.3) is 0 Å². The molecule has 0 N–H and O–H groups in total. The van der Waals surface area contributed by atoms with Crippen LogP contribution < -0.4 is 0 Å². The zero-order valence-corrected chi connectivity index (χ0v) is 24.0. The van der Waals surface area contributed by atoms with E-state index in [-0.39, 0.29) is 34.1 Å². The number of rotatable bonds is 2. The van der Waals surface area contributed by atoms with E-state index in [9.17, 15) is 9.59 Å². The summed E-state index contributed by atoms with van der Waals surface area (Å²) in [6.07, 6.45) is 12.8. The lowest BCUT2D eigenvalue weighted by Gasteiger charge is -2.69. The van der Waals surface area contributed by atoms with Crippen molar-refractivity contribution in [3.8, 4) is 0 Å². The third kappa shape index (κ3) is 3.14. The lowest BCUT2D eigenvalue weighted by molar-refractivity contribution is -0.184. The molecule has 3 heteroatoms. The van der Waals surface area contributed by atoms with Gasteiger partial charge in [0.05, 0.1) is 5.41 Å². The van der Waals surface area contributed by atoms with E-state index in [0.717, 1.165) is 25.2 Å². The summed E-state index contributed by atoms with van der Waals surface area (Å²) in [5.41, 5.74) is 1.28. The van der Waals surface area contributed by atoms with E-state index >= 15 is 0 Å². The number of Topliss-reactive ketones (excluding diaryl/α,β-unsaturated/α-hetero) is 1. The maximum atomic E-state index is 14.4. The van der Waals surface area contributed by atoms with Crippen molar-refractivity contribution in [2.24, 2.45) is 50.7 Å². The van der Waals surface area contributed by atoms with Crippen molar-refractivity contribution in [3.63, 3.8) is 0 Å². The molecular formula is C32H50O3. The maximum Gasteiger partial charge on any atom is 0.303 e. The summed E-state index contributed by atoms with van der Waals surface area (Å²) in [5.74, 6) is 2.04. The Bertz CT molecular complexity index is 973. The Morgan fingerprint density at radius 2 is 1.66 bits per heavy atom. The second-order valence-electron chi connectivity index (χ2n) is 15.4. The Morgan fingerprint density at radius 1 is 0.971 bits per heavy atom. The Hall–Kier alpha value is -1.12. The van der Waals surface area contributed by atoms with E-state index in [1.54, 1.807) is 0 Å². The van der Waals surface area contributed by atoms with Gasteiger partial charge in [0, 0.05) is 19.3 Å². The number of ether oxygens (including phenoxy) is 1. The molecule has 4 fully saturated rings. The molecule has 0 aromatic rings. The van der Waals surface area contributed by atoms with Gasteiger partial charge in [-0.15, -0.1) is 0 Å². The Balaban J connectivity index is 1.57. The molecule has 196 valence electrons. The zero-order valence-electron chi connectivity index (χ0n) is 24.0. The van der Waals surface area contributed by atoms with Gasteiger partial charge in [-0.3, -0.25) is 9.59 Å². The molecule has 0 radical (unpaired) electrons. The van der Waals surface area contributed by atoms with E-state index in [4.69, 9.17) is 4.74 Å². The SMILES string of the molecule is CC(=O)OC(C)(C)C1CCC2(C)C3=CCC4C5(C)CCCC(C)(C)C5CCC4(C)C3(C)C(=O)CC12. The number of ketones is 1. The van der Waals surface area contributed by atoms with Crippen LogP contribution in [0.5, 0.6) is 0 Å². The summed E-state index contributed by atoms with van der Waals surface area (Å²) in [6, 6.07) is 0. The minimum Gasteiger partial charge on any atom is -0.460 e. The van der Waals surface area contributed by atoms with Crippen molar-refractivity contribution in [2.75, 3.05) is 0 Å². The van der Waals surface area contributed by atoms with Crippen LogP contribution in [0.1, 0.15) is 120 Å². The molecule has 35 heavy (non-hydrogen) atoms. The first-order valence-corrected chi connectivity index (χ1v) is 14.5. The lowest BCUT2D eigenvalue weighted by atomic mass is 9.34. The predicted octanol–water partition coefficient (Wildman–Crippen LogP) is 7.92. The minimum absolute atomic E-state index is 0.0162. The number of carbonyl (C=O) groups excluding carboxylic acids is 2. The summed E-state index contributed by atoms with van der Waals surface area (Å²) in [5, 5.41) is 0. The monoisotopic (exact) mass is 482 g/mol. The highest BCUT2D eigenvalue weighted by Crippen LogP contribution is 2.76. The summed E-state index contributed by atoms with van der Waals surface area (Å²) < 4.78 is 5.84. The van der Waals surface area contributed by atoms with Crippen molar-refractivity contribution in [2.45, 2.75) is 126 Å². The highest BCUT2D eigenvalue weighted by atomic mass is 16.6. The highest BCUT2D eigenvalue weighted by molar-refractivity contribution is 5.91. The van der Waals surface area contributed by atoms with Crippen molar-refractivity contribution in [3.05, 3.63) is 11.6 Å². The van der Waals surface area contributed by atoms with Crippen molar-refractivity contribution in [1.82, 2.24) is 0 Å². The van der Waals surface area contributed by atoms with Crippen LogP contribution in [0.25, 0.3) is 0 Å². The number of allylic oxidation sites excluding steroid dienone is 2. The van der Waals surface area contributed by atoms with Crippen LogP contribution in [0.4, 0.5) is 0 Å². The molecule has 0 heterocycles. The lowest BCUT2D eigenvalue weighted by Crippen LogP contribution is -2.65. The largest absolute Gasteiger partial charge is 0.460 e. The average molecular weight is 483 g/mol. The first kappa shape index (κ1) is 25.5. The Labute approximate surface area is 214 Å². The predicted molar refractivity (Wildman–Crippen MR) is 141 cm³/mol. The van der Waals surface area contributed by atoms with Gasteiger partial charge in [-0.2, -0.15) is 0 Å². The van der Waals surface area contributed by atoms with E-state index in [2.05, 4.69) is 61.5 Å². The van der Waals surface area contributed by atoms with Gasteiger partial charge in [0.1, 0.15) is 11.4 Å². The molecule has 0 aromatic carbocycles. The zero-order chi connectivity index (χ0) is 25.8. The first-order chi connectivity index (χ1) is 16.0. The summed E-state index contributed by atoms with van der Waals surface area (Å²) in [7, 11) is 0. The van der Waals surface area contributed by atoms with Crippen LogP contribution in [0.2, 0.25) is 0 Å². The molecule has 5 aliphatic carbocycles. The maximum absolute atomic E-state index is 14.4. The second-order valence-corrected chi connectivity index (χ2v) is 15.4. The number of hydrogen-bond donors (Lipinski definition) is 0. The van der Waals surface area contributed by atoms with Crippen LogP contribution in [0.15, 0.2) is 11.6 Å². The van der Waals surface area contributed by atoms with Gasteiger partial charge in [-0.1, -0.05) is 52.7 Å². The van der Waals surface area contributed by atoms with Crippen LogP contribution >= 0.6 is 0 Å². The third-order valence-electron chi connectivity index (χ3n) is 13.2. The molecule has 0 aliphatic heterocycles. The Morgan fingerprint density at radius 3 is 2.31 bits per heavy atom. The summed E-state index contributed by atoms with van der Waals surface area (Å²) in [4.78, 5) is 26.3. The Kier molecular flexibility index (Phi) is 5.45. The van der Waals surface area contributed by atoms with Crippen molar-refractivity contribution in [1.29, 1.82) is 0 Å². The molecule has 5 aliphatic rings. The average Bonchev–Trinajstić information content (AvgIpc) is 3.05. The third-order valence-corrected chi connectivity index (χ3v) is 13.2. The molecule has 0 bridgehead atoms. The fraction of sp³-hybridized carbons (Fsp3) is 0.875. The van der Waals surface area contributed by atoms with Gasteiger partial charge in [0.15, 0.2) is 0 Å². The molecule has 8 unspecified atom stereocenters. The number of carbonyl (C=O) groups is 2. The van der Waals surface area contributed by atoms with E-state index in [1.165, 1.54) is 44.6 Å². The second kappa shape index (κ2) is 7.47. The van der Waals surface area contributed by atoms with Gasteiger partial charge < -0.3 is 4.74 Å². The number of hydrogen-bond acceptors (Lipinski definition) is 3. The van der Waals surface area contributed by atoms with Gasteiger partial charge >= 0.3 is 5.97 Å². The van der Waals surface area contributed by atoms with Crippen LogP contribution in [0.3, 0.4) is 0 Å². The fourth-order valence-corrected chi connectivity index (χ4v) is 11.5. The molecule has 0 amide bonds. The molecule has 0 aromatic heterocycles. The molecule has 0 spiro atoms. The summed E-state index contributed by atoms with van der Waals surface area (Å²) in [6.45, 7) is 20.5. The quantitative estimate of drug-likeness (QED) is 0.296. The highest BCUT2D eigenvalue weighted by Gasteiger charge is 2.71. The number of fused-ring (bicyclic) bond motifs is 7. The standard InChI is InChI=1S/C32H50O3/c1-20(33)35-28(4,5)21-13-17-29(6)22(21)19-26(34)32(9)25(29)12-11-24-30(7)16-10-15-27(2,3)23(30)14-18-31(24,32)8/h12,21-24H,10-11,13-19H2,1-9H3. The molecule has 0 saturated heterocycles. The molecule has 8 atom stereocenters. The molecular weight excluding hydrogens is 432 g/mol. The molecule has 5 rings (SSSR count). The van der Waals surface area contributed by atoms with Gasteiger partial charge in [-0.05, 0) is 105 Å². The first-order valence-electron chi connectivity index (χ1n) is 14.5. The van der Waals surface area contributed by atoms with Crippen LogP contribution in [0, 0.1) is 50.7 Å². The number of esters is 1. The van der Waals surface area contributed by atoms with Gasteiger partial charge in [-0.25, -0.2) is 0 Å². The minimum atomic E-state index is -0.539. The van der Waals surface area contributed by atoms with E-state index < -0.39 is 5.60 Å². The van der Waals surface area contributed by atoms with Crippen LogP contribution in [-0.4, -0.2) is 17.4 Å². The van der Waals surface area contributed by atoms with Crippen molar-refractivity contribution < 1.29 is 14.3 Å². The van der Waals surface area contributed by atoms with Crippen LogP contribution in [-0.2, 0) is 14.3 Å². The molecule has 3 nitrogen and oxygen atoms in total. The van der Waals surface area contributed by atoms with Gasteiger partial charge in [0.2, 0.25) is 0 Å². The summed E-state index contributed by atoms with van der Waals surface area (Å²) >= 11 is 0. The fourth-order valence-electron chi connectivity index (χ4n) is 11.5.